The largest absolute Gasteiger partial charge is 0.381 e. The van der Waals surface area contributed by atoms with Crippen molar-refractivity contribution < 1.29 is 19.1 Å². The van der Waals surface area contributed by atoms with Crippen molar-refractivity contribution in [3.63, 3.8) is 0 Å². The molecule has 7 rings (SSSR count). The van der Waals surface area contributed by atoms with Crippen molar-refractivity contribution in [3.05, 3.63) is 47.8 Å². The molecule has 2 fully saturated rings. The molecule has 0 radical (unpaired) electrons. The molecule has 0 aliphatic carbocycles. The molecule has 2 N–H and O–H groups in total. The molecule has 0 saturated carbocycles. The number of rotatable bonds is 6. The first kappa shape index (κ1) is 25.3. The highest BCUT2D eigenvalue weighted by Crippen LogP contribution is 2.39. The average Bonchev–Trinajstić information content (AvgIpc) is 3.64. The number of likely N-dealkylation sites (tertiary alicyclic amines) is 1. The van der Waals surface area contributed by atoms with Gasteiger partial charge in [-0.1, -0.05) is 0 Å². The van der Waals surface area contributed by atoms with E-state index in [1.807, 2.05) is 24.0 Å². The fourth-order valence-electron chi connectivity index (χ4n) is 5.80. The highest BCUT2D eigenvalue weighted by molar-refractivity contribution is 7.21. The molecule has 0 bridgehead atoms. The predicted octanol–water partition coefficient (Wildman–Crippen LogP) is 2.80. The summed E-state index contributed by atoms with van der Waals surface area (Å²) in [6.45, 7) is 7.52. The number of aryl methyl sites for hydroxylation is 1. The van der Waals surface area contributed by atoms with E-state index in [0.717, 1.165) is 66.7 Å². The number of carbonyl (C=O) groups is 2. The van der Waals surface area contributed by atoms with Crippen LogP contribution in [0.5, 0.6) is 0 Å². The van der Waals surface area contributed by atoms with Crippen LogP contribution in [0.2, 0.25) is 0 Å². The fourth-order valence-corrected chi connectivity index (χ4v) is 6.89. The van der Waals surface area contributed by atoms with Crippen LogP contribution in [0.25, 0.3) is 15.3 Å². The van der Waals surface area contributed by atoms with Gasteiger partial charge in [-0.15, -0.1) is 11.3 Å². The highest BCUT2D eigenvalue weighted by Gasteiger charge is 2.44. The van der Waals surface area contributed by atoms with Crippen molar-refractivity contribution in [2.75, 3.05) is 50.1 Å². The van der Waals surface area contributed by atoms with Gasteiger partial charge in [-0.3, -0.25) is 24.2 Å². The topological polar surface area (TPSA) is 128 Å². The van der Waals surface area contributed by atoms with Crippen molar-refractivity contribution >= 4 is 39.4 Å². The van der Waals surface area contributed by atoms with Crippen LogP contribution in [0.15, 0.2) is 30.9 Å². The number of hydrogen-bond donors (Lipinski definition) is 2. The molecular weight excluding hydrogens is 532 g/mol. The van der Waals surface area contributed by atoms with Crippen molar-refractivity contribution in [1.29, 1.82) is 0 Å². The molecule has 1 spiro atoms. The second-order valence-corrected chi connectivity index (χ2v) is 11.8. The van der Waals surface area contributed by atoms with E-state index in [4.69, 9.17) is 9.47 Å². The molecule has 0 aromatic carbocycles. The monoisotopic (exact) mass is 562 g/mol. The van der Waals surface area contributed by atoms with Crippen molar-refractivity contribution in [3.8, 4) is 10.4 Å². The van der Waals surface area contributed by atoms with E-state index in [1.54, 1.807) is 23.0 Å². The molecule has 0 atom stereocenters. The van der Waals surface area contributed by atoms with E-state index >= 15 is 0 Å². The molecule has 3 aliphatic heterocycles. The molecule has 4 aromatic rings. The molecule has 2 saturated heterocycles. The van der Waals surface area contributed by atoms with Gasteiger partial charge in [0.25, 0.3) is 5.91 Å². The predicted molar refractivity (Wildman–Crippen MR) is 148 cm³/mol. The summed E-state index contributed by atoms with van der Waals surface area (Å²) in [6.07, 6.45) is 9.05. The average molecular weight is 563 g/mol. The minimum absolute atomic E-state index is 0.0953. The zero-order valence-electron chi connectivity index (χ0n) is 22.2. The number of carbonyl (C=O) groups excluding carboxylic acids is 2. The Kier molecular flexibility index (Phi) is 6.38. The van der Waals surface area contributed by atoms with Crippen LogP contribution >= 0.6 is 11.3 Å². The van der Waals surface area contributed by atoms with Gasteiger partial charge in [0, 0.05) is 43.5 Å². The SMILES string of the molecule is Cc1ncc(NC(=O)CN2CC3(CCOCC3)C2)cc1NC(=O)c1cnn2cc(-c3cnn4c3COCC4)sc12. The standard InChI is InChI=1S/C27H30N8O4S/c1-17-21(8-18(9-28-17)31-24(36)13-33-15-27(16-33)2-5-38-6-3-27)32-25(37)20-11-30-35-12-23(40-26(20)35)19-10-29-34-4-7-39-14-22(19)34/h8-12H,2-7,13-16H2,1H3,(H,31,36)(H,32,37). The molecule has 0 unspecified atom stereocenters. The third-order valence-electron chi connectivity index (χ3n) is 8.00. The molecular formula is C27H30N8O4S. The Labute approximate surface area is 234 Å². The summed E-state index contributed by atoms with van der Waals surface area (Å²) >= 11 is 1.48. The van der Waals surface area contributed by atoms with Crippen LogP contribution in [0, 0.1) is 12.3 Å². The van der Waals surface area contributed by atoms with Crippen LogP contribution in [-0.4, -0.2) is 80.5 Å². The van der Waals surface area contributed by atoms with Gasteiger partial charge in [0.1, 0.15) is 4.83 Å². The van der Waals surface area contributed by atoms with Crippen LogP contribution < -0.4 is 10.6 Å². The zero-order valence-corrected chi connectivity index (χ0v) is 23.0. The number of thiazole rings is 1. The quantitative estimate of drug-likeness (QED) is 0.367. The first-order chi connectivity index (χ1) is 19.5. The normalized spacial score (nSPS) is 18.4. The third kappa shape index (κ3) is 4.68. The first-order valence-corrected chi connectivity index (χ1v) is 14.3. The maximum Gasteiger partial charge on any atom is 0.260 e. The minimum atomic E-state index is -0.292. The summed E-state index contributed by atoms with van der Waals surface area (Å²) in [4.78, 5) is 34.3. The Balaban J connectivity index is 1.02. The van der Waals surface area contributed by atoms with Crippen molar-refractivity contribution in [2.24, 2.45) is 5.41 Å². The molecule has 13 heteroatoms. The molecule has 40 heavy (non-hydrogen) atoms. The second kappa shape index (κ2) is 10.1. The van der Waals surface area contributed by atoms with Crippen molar-refractivity contribution in [1.82, 2.24) is 29.3 Å². The van der Waals surface area contributed by atoms with E-state index in [1.165, 1.54) is 11.3 Å². The summed E-state index contributed by atoms with van der Waals surface area (Å²) in [6, 6.07) is 1.74. The van der Waals surface area contributed by atoms with Gasteiger partial charge in [-0.25, -0.2) is 4.52 Å². The van der Waals surface area contributed by atoms with E-state index < -0.39 is 0 Å². The lowest BCUT2D eigenvalue weighted by Gasteiger charge is -2.52. The first-order valence-electron chi connectivity index (χ1n) is 13.4. The molecule has 3 aliphatic rings. The van der Waals surface area contributed by atoms with Crippen LogP contribution in [0.3, 0.4) is 0 Å². The maximum absolute atomic E-state index is 13.3. The highest BCUT2D eigenvalue weighted by atomic mass is 32.1. The number of pyridine rings is 1. The lowest BCUT2D eigenvalue weighted by molar-refractivity contribution is -0.124. The Bertz CT molecular complexity index is 1590. The van der Waals surface area contributed by atoms with Crippen LogP contribution in [0.4, 0.5) is 11.4 Å². The van der Waals surface area contributed by atoms with E-state index in [9.17, 15) is 9.59 Å². The third-order valence-corrected chi connectivity index (χ3v) is 9.14. The number of anilines is 2. The summed E-state index contributed by atoms with van der Waals surface area (Å²) in [7, 11) is 0. The van der Waals surface area contributed by atoms with E-state index in [0.29, 0.717) is 47.8 Å². The second-order valence-electron chi connectivity index (χ2n) is 10.8. The lowest BCUT2D eigenvalue weighted by Crippen LogP contribution is -2.59. The summed E-state index contributed by atoms with van der Waals surface area (Å²) in [5.41, 5.74) is 4.52. The van der Waals surface area contributed by atoms with Gasteiger partial charge >= 0.3 is 0 Å². The van der Waals surface area contributed by atoms with Crippen LogP contribution in [-0.2, 0) is 27.4 Å². The number of nitrogens with one attached hydrogen (secondary N) is 2. The van der Waals surface area contributed by atoms with Gasteiger partial charge in [-0.05, 0) is 25.8 Å². The number of amides is 2. The molecule has 7 heterocycles. The Hall–Kier alpha value is -3.65. The van der Waals surface area contributed by atoms with Gasteiger partial charge in [-0.2, -0.15) is 10.2 Å². The Morgan fingerprint density at radius 3 is 2.77 bits per heavy atom. The van der Waals surface area contributed by atoms with Gasteiger partial charge in [0.2, 0.25) is 5.91 Å². The molecule has 12 nitrogen and oxygen atoms in total. The Morgan fingerprint density at radius 1 is 1.07 bits per heavy atom. The van der Waals surface area contributed by atoms with Crippen molar-refractivity contribution in [2.45, 2.75) is 32.9 Å². The minimum Gasteiger partial charge on any atom is -0.381 e. The summed E-state index contributed by atoms with van der Waals surface area (Å²) in [5, 5.41) is 14.8. The Morgan fingerprint density at radius 2 is 1.93 bits per heavy atom. The number of aromatic nitrogens is 5. The maximum atomic E-state index is 13.3. The zero-order chi connectivity index (χ0) is 27.3. The summed E-state index contributed by atoms with van der Waals surface area (Å²) in [5.74, 6) is -0.387. The number of ether oxygens (including phenoxy) is 2. The fraction of sp³-hybridized carbons (Fsp3) is 0.444. The molecule has 208 valence electrons. The summed E-state index contributed by atoms with van der Waals surface area (Å²) < 4.78 is 14.8. The molecule has 2 amide bonds. The van der Waals surface area contributed by atoms with Gasteiger partial charge in [0.15, 0.2) is 0 Å². The smallest absolute Gasteiger partial charge is 0.260 e. The number of hydrogen-bond acceptors (Lipinski definition) is 9. The van der Waals surface area contributed by atoms with Crippen LogP contribution in [0.1, 0.15) is 34.6 Å². The lowest BCUT2D eigenvalue weighted by atomic mass is 9.73. The van der Waals surface area contributed by atoms with E-state index in [2.05, 4.69) is 30.7 Å². The van der Waals surface area contributed by atoms with Gasteiger partial charge in [0.05, 0.1) is 78.1 Å². The number of fused-ring (bicyclic) bond motifs is 2. The van der Waals surface area contributed by atoms with E-state index in [-0.39, 0.29) is 11.8 Å². The van der Waals surface area contributed by atoms with Gasteiger partial charge < -0.3 is 20.1 Å². The number of nitrogens with zero attached hydrogens (tertiary/aromatic N) is 6. The molecule has 4 aromatic heterocycles.